The van der Waals surface area contributed by atoms with Gasteiger partial charge >= 0.3 is 0 Å². The molecule has 5 nitrogen and oxygen atoms in total. The summed E-state index contributed by atoms with van der Waals surface area (Å²) in [6, 6.07) is 14.5. The summed E-state index contributed by atoms with van der Waals surface area (Å²) in [5.74, 6) is 0.362. The molecule has 1 saturated carbocycles. The van der Waals surface area contributed by atoms with Crippen molar-refractivity contribution in [3.8, 4) is 16.5 Å². The highest BCUT2D eigenvalue weighted by molar-refractivity contribution is 8.00. The van der Waals surface area contributed by atoms with E-state index < -0.39 is 5.54 Å². The zero-order valence-corrected chi connectivity index (χ0v) is 16.4. The van der Waals surface area contributed by atoms with Gasteiger partial charge in [0.05, 0.1) is 11.8 Å². The summed E-state index contributed by atoms with van der Waals surface area (Å²) < 4.78 is 0. The van der Waals surface area contributed by atoms with Crippen molar-refractivity contribution in [1.82, 2.24) is 15.3 Å². The number of rotatable bonds is 6. The Balaban J connectivity index is 1.50. The van der Waals surface area contributed by atoms with Crippen LogP contribution in [0.4, 0.5) is 0 Å². The lowest BCUT2D eigenvalue weighted by Crippen LogP contribution is -2.47. The number of fused-ring (bicyclic) bond motifs is 1. The van der Waals surface area contributed by atoms with Gasteiger partial charge in [0.2, 0.25) is 5.91 Å². The second kappa shape index (κ2) is 7.29. The molecule has 1 atom stereocenters. The largest absolute Gasteiger partial charge is 0.337 e. The van der Waals surface area contributed by atoms with E-state index in [4.69, 9.17) is 0 Å². The van der Waals surface area contributed by atoms with Gasteiger partial charge in [0.15, 0.2) is 0 Å². The van der Waals surface area contributed by atoms with Gasteiger partial charge in [0.1, 0.15) is 21.7 Å². The average molecular weight is 395 g/mol. The average Bonchev–Trinajstić information content (AvgIpc) is 3.46. The fraction of sp³-hybridized carbons (Fsp3) is 0.300. The maximum absolute atomic E-state index is 12.4. The summed E-state index contributed by atoms with van der Waals surface area (Å²) in [4.78, 5) is 23.1. The Morgan fingerprint density at radius 1 is 1.37 bits per heavy atom. The van der Waals surface area contributed by atoms with Gasteiger partial charge in [-0.1, -0.05) is 42.1 Å². The van der Waals surface area contributed by atoms with Gasteiger partial charge in [-0.3, -0.25) is 4.79 Å². The van der Waals surface area contributed by atoms with Crippen LogP contribution in [0.25, 0.3) is 20.7 Å². The molecule has 1 amide bonds. The third-order valence-corrected chi connectivity index (χ3v) is 6.81. The number of carbonyl (C=O) groups excluding carboxylic acids is 1. The first-order chi connectivity index (χ1) is 13.1. The van der Waals surface area contributed by atoms with Crippen LogP contribution in [-0.4, -0.2) is 27.2 Å². The van der Waals surface area contributed by atoms with Gasteiger partial charge in [-0.2, -0.15) is 5.26 Å². The molecular weight excluding hydrogens is 376 g/mol. The SMILES string of the molecule is C[C@](C#N)(NC(=O)CSc1ncnc2sc(-c3ccccc3)cc12)C1CC1. The van der Waals surface area contributed by atoms with Crippen LogP contribution in [-0.2, 0) is 4.79 Å². The Hall–Kier alpha value is -2.43. The molecule has 1 N–H and O–H groups in total. The van der Waals surface area contributed by atoms with Crippen molar-refractivity contribution in [2.24, 2.45) is 5.92 Å². The van der Waals surface area contributed by atoms with Crippen molar-refractivity contribution in [2.75, 3.05) is 5.75 Å². The highest BCUT2D eigenvalue weighted by Crippen LogP contribution is 2.39. The second-order valence-electron chi connectivity index (χ2n) is 6.80. The number of hydrogen-bond donors (Lipinski definition) is 1. The first-order valence-corrected chi connectivity index (χ1v) is 10.5. The quantitative estimate of drug-likeness (QED) is 0.499. The minimum absolute atomic E-state index is 0.138. The number of nitriles is 1. The molecule has 0 aliphatic heterocycles. The van der Waals surface area contributed by atoms with Crippen LogP contribution >= 0.6 is 23.1 Å². The van der Waals surface area contributed by atoms with Crippen LogP contribution in [0.5, 0.6) is 0 Å². The van der Waals surface area contributed by atoms with Crippen LogP contribution in [0.2, 0.25) is 0 Å². The number of thiophene rings is 1. The van der Waals surface area contributed by atoms with Gasteiger partial charge in [-0.05, 0) is 37.3 Å². The van der Waals surface area contributed by atoms with E-state index in [-0.39, 0.29) is 17.6 Å². The van der Waals surface area contributed by atoms with Crippen molar-refractivity contribution in [1.29, 1.82) is 5.26 Å². The summed E-state index contributed by atoms with van der Waals surface area (Å²) in [6.07, 6.45) is 3.54. The highest BCUT2D eigenvalue weighted by Gasteiger charge is 2.42. The lowest BCUT2D eigenvalue weighted by Gasteiger charge is -2.22. The molecule has 0 saturated heterocycles. The molecule has 4 rings (SSSR count). The Kier molecular flexibility index (Phi) is 4.85. The Labute approximate surface area is 165 Å². The van der Waals surface area contributed by atoms with E-state index in [2.05, 4.69) is 39.6 Å². The Morgan fingerprint density at radius 3 is 2.85 bits per heavy atom. The van der Waals surface area contributed by atoms with E-state index in [0.29, 0.717) is 0 Å². The Morgan fingerprint density at radius 2 is 2.15 bits per heavy atom. The summed E-state index contributed by atoms with van der Waals surface area (Å²) in [7, 11) is 0. The third-order valence-electron chi connectivity index (χ3n) is 4.72. The summed E-state index contributed by atoms with van der Waals surface area (Å²) >= 11 is 3.00. The zero-order valence-electron chi connectivity index (χ0n) is 14.8. The third kappa shape index (κ3) is 3.82. The number of thioether (sulfide) groups is 1. The molecule has 1 aromatic carbocycles. The molecule has 2 heterocycles. The van der Waals surface area contributed by atoms with Gasteiger partial charge in [-0.15, -0.1) is 11.3 Å². The number of hydrogen-bond acceptors (Lipinski definition) is 6. The molecule has 3 aromatic rings. The second-order valence-corrected chi connectivity index (χ2v) is 8.79. The number of benzene rings is 1. The molecule has 0 bridgehead atoms. The molecule has 1 aliphatic rings. The fourth-order valence-electron chi connectivity index (χ4n) is 3.04. The van der Waals surface area contributed by atoms with Gasteiger partial charge in [0.25, 0.3) is 0 Å². The van der Waals surface area contributed by atoms with Crippen LogP contribution < -0.4 is 5.32 Å². The molecule has 27 heavy (non-hydrogen) atoms. The molecule has 1 fully saturated rings. The van der Waals surface area contributed by atoms with Gasteiger partial charge in [-0.25, -0.2) is 9.97 Å². The van der Waals surface area contributed by atoms with Gasteiger partial charge < -0.3 is 5.32 Å². The number of amides is 1. The maximum atomic E-state index is 12.4. The van der Waals surface area contributed by atoms with Crippen LogP contribution in [0, 0.1) is 17.2 Å². The predicted molar refractivity (Wildman–Crippen MR) is 108 cm³/mol. The highest BCUT2D eigenvalue weighted by atomic mass is 32.2. The standard InChI is InChI=1S/C20H18N4OS2/c1-20(11-21,14-7-8-14)24-17(25)10-26-18-15-9-16(13-5-3-2-4-6-13)27-19(15)23-12-22-18/h2-6,9,12,14H,7-8,10H2,1H3,(H,24,25)/t20-/m1/s1. The van der Waals surface area contributed by atoms with Crippen molar-refractivity contribution >= 4 is 39.2 Å². The minimum atomic E-state index is -0.762. The molecule has 0 radical (unpaired) electrons. The summed E-state index contributed by atoms with van der Waals surface area (Å²) in [5, 5.41) is 14.0. The summed E-state index contributed by atoms with van der Waals surface area (Å²) in [5.41, 5.74) is 0.380. The summed E-state index contributed by atoms with van der Waals surface area (Å²) in [6.45, 7) is 1.81. The first-order valence-electron chi connectivity index (χ1n) is 8.74. The lowest BCUT2D eigenvalue weighted by molar-refractivity contribution is -0.119. The predicted octanol–water partition coefficient (Wildman–Crippen LogP) is 4.26. The molecule has 2 aromatic heterocycles. The van der Waals surface area contributed by atoms with Crippen molar-refractivity contribution in [3.63, 3.8) is 0 Å². The minimum Gasteiger partial charge on any atom is -0.337 e. The lowest BCUT2D eigenvalue weighted by atomic mass is 9.98. The van der Waals surface area contributed by atoms with E-state index in [0.717, 1.165) is 38.5 Å². The van der Waals surface area contributed by atoms with E-state index >= 15 is 0 Å². The molecule has 1 aliphatic carbocycles. The van der Waals surface area contributed by atoms with E-state index in [1.807, 2.05) is 18.2 Å². The first kappa shape index (κ1) is 18.0. The van der Waals surface area contributed by atoms with Crippen LogP contribution in [0.1, 0.15) is 19.8 Å². The number of carbonyl (C=O) groups is 1. The fourth-order valence-corrected chi connectivity index (χ4v) is 4.88. The van der Waals surface area contributed by atoms with Crippen molar-refractivity contribution in [3.05, 3.63) is 42.7 Å². The zero-order chi connectivity index (χ0) is 18.9. The normalized spacial score (nSPS) is 15.9. The van der Waals surface area contributed by atoms with E-state index in [9.17, 15) is 10.1 Å². The number of nitrogens with zero attached hydrogens (tertiary/aromatic N) is 3. The molecular formula is C20H18N4OS2. The molecule has 7 heteroatoms. The topological polar surface area (TPSA) is 78.7 Å². The monoisotopic (exact) mass is 394 g/mol. The number of aromatic nitrogens is 2. The van der Waals surface area contributed by atoms with E-state index in [1.165, 1.54) is 18.1 Å². The molecule has 0 spiro atoms. The smallest absolute Gasteiger partial charge is 0.231 e. The maximum Gasteiger partial charge on any atom is 0.231 e. The van der Waals surface area contributed by atoms with Crippen LogP contribution in [0.3, 0.4) is 0 Å². The Bertz CT molecular complexity index is 1020. The van der Waals surface area contributed by atoms with E-state index in [1.54, 1.807) is 18.3 Å². The van der Waals surface area contributed by atoms with Gasteiger partial charge in [0, 0.05) is 10.3 Å². The van der Waals surface area contributed by atoms with Crippen molar-refractivity contribution in [2.45, 2.75) is 30.3 Å². The van der Waals surface area contributed by atoms with Crippen molar-refractivity contribution < 1.29 is 4.79 Å². The molecule has 136 valence electrons. The number of nitrogens with one attached hydrogen (secondary N) is 1. The van der Waals surface area contributed by atoms with Crippen LogP contribution in [0.15, 0.2) is 47.8 Å². The molecule has 0 unspecified atom stereocenters.